The molecule has 0 fully saturated rings. The van der Waals surface area contributed by atoms with E-state index in [9.17, 15) is 5.11 Å². The third kappa shape index (κ3) is 1.97. The Morgan fingerprint density at radius 2 is 2.14 bits per heavy atom. The number of aromatic nitrogens is 3. The van der Waals surface area contributed by atoms with Crippen LogP contribution in [0.3, 0.4) is 0 Å². The summed E-state index contributed by atoms with van der Waals surface area (Å²) in [5.74, 6) is 0. The molecule has 4 aromatic rings. The highest BCUT2D eigenvalue weighted by molar-refractivity contribution is 7.17. The Labute approximate surface area is 125 Å². The first-order chi connectivity index (χ1) is 10.3. The number of nitrogens with one attached hydrogen (secondary N) is 2. The largest absolute Gasteiger partial charge is 0.388 e. The van der Waals surface area contributed by atoms with Crippen molar-refractivity contribution < 1.29 is 5.11 Å². The van der Waals surface area contributed by atoms with Gasteiger partial charge in [-0.15, -0.1) is 11.3 Å². The molecule has 106 valence electrons. The summed E-state index contributed by atoms with van der Waals surface area (Å²) in [6.45, 7) is 1.98. The molecule has 3 N–H and O–H groups in total. The van der Waals surface area contributed by atoms with E-state index in [4.69, 9.17) is 0 Å². The van der Waals surface area contributed by atoms with Gasteiger partial charge in [0.15, 0.2) is 0 Å². The van der Waals surface area contributed by atoms with Crippen LogP contribution >= 0.6 is 11.3 Å². The molecule has 1 aromatic carbocycles. The van der Waals surface area contributed by atoms with Crippen LogP contribution in [-0.4, -0.2) is 20.3 Å². The maximum atomic E-state index is 9.96. The lowest BCUT2D eigenvalue weighted by Gasteiger charge is -2.07. The lowest BCUT2D eigenvalue weighted by molar-refractivity contribution is 0.174. The van der Waals surface area contributed by atoms with Crippen molar-refractivity contribution in [3.63, 3.8) is 0 Å². The monoisotopic (exact) mass is 297 g/mol. The van der Waals surface area contributed by atoms with Crippen molar-refractivity contribution in [2.24, 2.45) is 0 Å². The molecule has 4 nitrogen and oxygen atoms in total. The van der Waals surface area contributed by atoms with Crippen molar-refractivity contribution >= 4 is 32.5 Å². The Balaban J connectivity index is 1.85. The van der Waals surface area contributed by atoms with Gasteiger partial charge in [0.2, 0.25) is 0 Å². The van der Waals surface area contributed by atoms with Gasteiger partial charge in [-0.2, -0.15) is 5.10 Å². The molecule has 1 atom stereocenters. The lowest BCUT2D eigenvalue weighted by Crippen LogP contribution is -1.94. The average Bonchev–Trinajstić information content (AvgIpc) is 3.19. The van der Waals surface area contributed by atoms with E-state index in [-0.39, 0.29) is 0 Å². The fourth-order valence-electron chi connectivity index (χ4n) is 2.65. The number of fused-ring (bicyclic) bond motifs is 2. The first kappa shape index (κ1) is 12.6. The second kappa shape index (κ2) is 4.72. The summed E-state index contributed by atoms with van der Waals surface area (Å²) in [5.41, 5.74) is 5.00. The molecule has 0 bridgehead atoms. The zero-order chi connectivity index (χ0) is 14.4. The maximum absolute atomic E-state index is 9.96. The minimum absolute atomic E-state index is 0.407. The zero-order valence-corrected chi connectivity index (χ0v) is 12.4. The Bertz CT molecular complexity index is 918. The van der Waals surface area contributed by atoms with Crippen molar-refractivity contribution in [3.05, 3.63) is 41.3 Å². The second-order valence-corrected chi connectivity index (χ2v) is 6.11. The average molecular weight is 297 g/mol. The van der Waals surface area contributed by atoms with Crippen LogP contribution < -0.4 is 0 Å². The van der Waals surface area contributed by atoms with E-state index < -0.39 is 6.10 Å². The predicted molar refractivity (Wildman–Crippen MR) is 86.5 cm³/mol. The van der Waals surface area contributed by atoms with E-state index in [0.29, 0.717) is 6.42 Å². The normalized spacial score (nSPS) is 13.2. The molecule has 0 saturated heterocycles. The standard InChI is InChI=1S/C16H15N3OS/c1-2-14(20)10-4-3-9-7-13(17-12(9)8-10)15-16-11(18-19-15)5-6-21-16/h3-8,14,17,20H,2H2,1H3,(H,18,19). The number of aliphatic hydroxyl groups is 1. The number of hydrogen-bond donors (Lipinski definition) is 3. The molecule has 0 aliphatic carbocycles. The summed E-state index contributed by atoms with van der Waals surface area (Å²) < 4.78 is 1.16. The van der Waals surface area contributed by atoms with Crippen molar-refractivity contribution in [2.45, 2.75) is 19.4 Å². The number of H-pyrrole nitrogens is 2. The van der Waals surface area contributed by atoms with Crippen molar-refractivity contribution in [1.82, 2.24) is 15.2 Å². The molecule has 0 amide bonds. The molecule has 3 heterocycles. The van der Waals surface area contributed by atoms with Crippen molar-refractivity contribution in [2.75, 3.05) is 0 Å². The third-order valence-electron chi connectivity index (χ3n) is 3.84. The van der Waals surface area contributed by atoms with Crippen molar-refractivity contribution in [3.8, 4) is 11.4 Å². The summed E-state index contributed by atoms with van der Waals surface area (Å²) in [5, 5.41) is 20.6. The van der Waals surface area contributed by atoms with Gasteiger partial charge >= 0.3 is 0 Å². The Morgan fingerprint density at radius 1 is 1.24 bits per heavy atom. The van der Waals surface area contributed by atoms with E-state index in [1.54, 1.807) is 11.3 Å². The van der Waals surface area contributed by atoms with Gasteiger partial charge in [0.05, 0.1) is 22.0 Å². The van der Waals surface area contributed by atoms with Gasteiger partial charge in [0, 0.05) is 10.9 Å². The summed E-state index contributed by atoms with van der Waals surface area (Å²) in [6.07, 6.45) is 0.310. The van der Waals surface area contributed by atoms with Gasteiger partial charge in [-0.3, -0.25) is 5.10 Å². The SMILES string of the molecule is CCC(O)c1ccc2cc(-c3n[nH]c4ccsc34)[nH]c2c1. The summed E-state index contributed by atoms with van der Waals surface area (Å²) in [7, 11) is 0. The van der Waals surface area contributed by atoms with Crippen LogP contribution in [0.1, 0.15) is 25.0 Å². The molecule has 0 aliphatic heterocycles. The Morgan fingerprint density at radius 3 is 3.00 bits per heavy atom. The minimum Gasteiger partial charge on any atom is -0.388 e. The van der Waals surface area contributed by atoms with Crippen LogP contribution in [0.5, 0.6) is 0 Å². The molecule has 1 unspecified atom stereocenters. The first-order valence-electron chi connectivity index (χ1n) is 6.99. The molecule has 5 heteroatoms. The number of aliphatic hydroxyl groups excluding tert-OH is 1. The first-order valence-corrected chi connectivity index (χ1v) is 7.87. The van der Waals surface area contributed by atoms with Crippen LogP contribution in [0, 0.1) is 0 Å². The van der Waals surface area contributed by atoms with Gasteiger partial charge in [0.25, 0.3) is 0 Å². The fraction of sp³-hybridized carbons (Fsp3) is 0.188. The number of nitrogens with zero attached hydrogens (tertiary/aromatic N) is 1. The van der Waals surface area contributed by atoms with Crippen LogP contribution in [0.2, 0.25) is 0 Å². The smallest absolute Gasteiger partial charge is 0.126 e. The van der Waals surface area contributed by atoms with Crippen LogP contribution in [0.4, 0.5) is 0 Å². The maximum Gasteiger partial charge on any atom is 0.126 e. The van der Waals surface area contributed by atoms with Crippen LogP contribution in [0.25, 0.3) is 32.5 Å². The van der Waals surface area contributed by atoms with E-state index >= 15 is 0 Å². The van der Waals surface area contributed by atoms with Crippen LogP contribution in [0.15, 0.2) is 35.7 Å². The predicted octanol–water partition coefficient (Wildman–Crippen LogP) is 4.22. The molecule has 0 aliphatic rings. The van der Waals surface area contributed by atoms with E-state index in [2.05, 4.69) is 26.6 Å². The second-order valence-electron chi connectivity index (χ2n) is 5.19. The molecule has 21 heavy (non-hydrogen) atoms. The molecule has 4 rings (SSSR count). The number of aromatic amines is 2. The molecule has 0 spiro atoms. The highest BCUT2D eigenvalue weighted by Gasteiger charge is 2.13. The van der Waals surface area contributed by atoms with Gasteiger partial charge in [-0.1, -0.05) is 19.1 Å². The topological polar surface area (TPSA) is 64.7 Å². The van der Waals surface area contributed by atoms with Gasteiger partial charge < -0.3 is 10.1 Å². The van der Waals surface area contributed by atoms with Gasteiger partial charge in [-0.05, 0) is 35.6 Å². The summed E-state index contributed by atoms with van der Waals surface area (Å²) in [4.78, 5) is 3.41. The van der Waals surface area contributed by atoms with E-state index in [0.717, 1.165) is 38.1 Å². The quantitative estimate of drug-likeness (QED) is 0.530. The molecule has 0 saturated carbocycles. The van der Waals surface area contributed by atoms with E-state index in [1.807, 2.05) is 31.2 Å². The fourth-order valence-corrected chi connectivity index (χ4v) is 3.49. The molecule has 3 aromatic heterocycles. The molecule has 0 radical (unpaired) electrons. The summed E-state index contributed by atoms with van der Waals surface area (Å²) >= 11 is 1.68. The molecular weight excluding hydrogens is 282 g/mol. The number of rotatable bonds is 3. The summed E-state index contributed by atoms with van der Waals surface area (Å²) in [6, 6.07) is 10.2. The number of thiophene rings is 1. The molecular formula is C16H15N3OS. The highest BCUT2D eigenvalue weighted by Crippen LogP contribution is 2.32. The number of hydrogen-bond acceptors (Lipinski definition) is 3. The Kier molecular flexibility index (Phi) is 2.83. The minimum atomic E-state index is -0.407. The lowest BCUT2D eigenvalue weighted by atomic mass is 10.1. The van der Waals surface area contributed by atoms with Gasteiger partial charge in [0.1, 0.15) is 5.69 Å². The Hall–Kier alpha value is -2.11. The van der Waals surface area contributed by atoms with Crippen LogP contribution in [-0.2, 0) is 0 Å². The van der Waals surface area contributed by atoms with E-state index in [1.165, 1.54) is 0 Å². The third-order valence-corrected chi connectivity index (χ3v) is 4.76. The highest BCUT2D eigenvalue weighted by atomic mass is 32.1. The zero-order valence-electron chi connectivity index (χ0n) is 11.6. The van der Waals surface area contributed by atoms with Crippen molar-refractivity contribution in [1.29, 1.82) is 0 Å². The number of benzene rings is 1. The van der Waals surface area contributed by atoms with Gasteiger partial charge in [-0.25, -0.2) is 0 Å².